The molecule has 0 unspecified atom stereocenters. The Morgan fingerprint density at radius 1 is 1.08 bits per heavy atom. The molecule has 0 N–H and O–H groups in total. The number of non-ortho nitro benzene ring substituents is 1. The molecule has 0 amide bonds. The first-order valence-corrected chi connectivity index (χ1v) is 7.03. The van der Waals surface area contributed by atoms with Gasteiger partial charge in [0.1, 0.15) is 13.0 Å². The third kappa shape index (κ3) is 2.63. The number of oxazole rings is 1. The van der Waals surface area contributed by atoms with Crippen molar-refractivity contribution >= 4 is 11.5 Å². The Labute approximate surface area is 136 Å². The highest BCUT2D eigenvalue weighted by atomic mass is 16.6. The van der Waals surface area contributed by atoms with Crippen LogP contribution in [-0.4, -0.2) is 10.7 Å². The van der Waals surface area contributed by atoms with Crippen molar-refractivity contribution in [2.75, 3.05) is 0 Å². The zero-order chi connectivity index (χ0) is 17.3. The zero-order valence-electron chi connectivity index (χ0n) is 12.6. The van der Waals surface area contributed by atoms with Crippen molar-refractivity contribution in [3.8, 4) is 17.4 Å². The van der Waals surface area contributed by atoms with Gasteiger partial charge in [-0.25, -0.2) is 0 Å². The Morgan fingerprint density at radius 3 is 2.29 bits per heavy atom. The highest BCUT2D eigenvalue weighted by Crippen LogP contribution is 2.24. The number of carbonyl (C=O) groups excluding carboxylic acids is 1. The van der Waals surface area contributed by atoms with E-state index in [-0.39, 0.29) is 22.8 Å². The van der Waals surface area contributed by atoms with Crippen LogP contribution in [0.25, 0.3) is 11.5 Å². The maximum absolute atomic E-state index is 12.6. The summed E-state index contributed by atoms with van der Waals surface area (Å²) in [5, 5.41) is 22.8. The molecule has 0 aliphatic carbocycles. The lowest BCUT2D eigenvalue weighted by Crippen LogP contribution is -2.36. The number of carbonyl (C=O) groups is 1. The average Bonchev–Trinajstić information content (AvgIpc) is 2.89. The van der Waals surface area contributed by atoms with Gasteiger partial charge in [-0.3, -0.25) is 14.9 Å². The van der Waals surface area contributed by atoms with Crippen molar-refractivity contribution in [3.05, 3.63) is 76.0 Å². The maximum atomic E-state index is 12.6. The fraction of sp³-hybridized carbons (Fsp3) is 0.0588. The number of nitrogens with zero attached hydrogens (tertiary/aromatic N) is 2. The predicted molar refractivity (Wildman–Crippen MR) is 81.3 cm³/mol. The number of aromatic nitrogens is 1. The molecule has 0 saturated heterocycles. The Morgan fingerprint density at radius 2 is 1.71 bits per heavy atom. The predicted octanol–water partition coefficient (Wildman–Crippen LogP) is 1.98. The topological polar surface area (TPSA) is 100 Å². The van der Waals surface area contributed by atoms with Gasteiger partial charge in [0.05, 0.1) is 10.5 Å². The van der Waals surface area contributed by atoms with Crippen molar-refractivity contribution in [2.45, 2.75) is 0 Å². The van der Waals surface area contributed by atoms with Crippen LogP contribution in [0.15, 0.2) is 59.0 Å². The summed E-state index contributed by atoms with van der Waals surface area (Å²) in [6, 6.07) is 14.0. The molecule has 3 aromatic rings. The van der Waals surface area contributed by atoms with E-state index in [2.05, 4.69) is 0 Å². The van der Waals surface area contributed by atoms with Crippen molar-refractivity contribution in [2.24, 2.45) is 7.05 Å². The van der Waals surface area contributed by atoms with Crippen molar-refractivity contribution < 1.29 is 23.8 Å². The van der Waals surface area contributed by atoms with Crippen LogP contribution >= 0.6 is 0 Å². The largest absolute Gasteiger partial charge is 0.540 e. The van der Waals surface area contributed by atoms with Gasteiger partial charge in [0.2, 0.25) is 0 Å². The molecule has 0 fully saturated rings. The molecule has 7 nitrogen and oxygen atoms in total. The molecule has 0 spiro atoms. The normalized spacial score (nSPS) is 10.5. The van der Waals surface area contributed by atoms with Crippen LogP contribution < -0.4 is 9.67 Å². The van der Waals surface area contributed by atoms with E-state index in [0.717, 1.165) is 0 Å². The second kappa shape index (κ2) is 5.96. The maximum Gasteiger partial charge on any atom is 0.276 e. The molecule has 0 radical (unpaired) electrons. The second-order valence-electron chi connectivity index (χ2n) is 5.10. The Kier molecular flexibility index (Phi) is 3.83. The highest BCUT2D eigenvalue weighted by Gasteiger charge is 2.27. The quantitative estimate of drug-likeness (QED) is 0.316. The summed E-state index contributed by atoms with van der Waals surface area (Å²) in [6.45, 7) is 0. The molecule has 24 heavy (non-hydrogen) atoms. The molecular formula is C17H12N2O5. The first kappa shape index (κ1) is 15.4. The lowest BCUT2D eigenvalue weighted by molar-refractivity contribution is -0.665. The molecule has 0 bridgehead atoms. The van der Waals surface area contributed by atoms with Gasteiger partial charge in [-0.05, 0) is 24.3 Å². The van der Waals surface area contributed by atoms with Crippen molar-refractivity contribution in [3.63, 3.8) is 0 Å². The van der Waals surface area contributed by atoms with Gasteiger partial charge in [0.25, 0.3) is 23.1 Å². The number of hydrogen-bond acceptors (Lipinski definition) is 5. The third-order valence-electron chi connectivity index (χ3n) is 3.60. The summed E-state index contributed by atoms with van der Waals surface area (Å²) >= 11 is 0. The summed E-state index contributed by atoms with van der Waals surface area (Å²) in [5.41, 5.74) is 0.576. The molecule has 2 aromatic carbocycles. The molecule has 120 valence electrons. The summed E-state index contributed by atoms with van der Waals surface area (Å²) in [5.74, 6) is -1.03. The fourth-order valence-corrected chi connectivity index (χ4v) is 2.39. The van der Waals surface area contributed by atoms with Gasteiger partial charge in [-0.2, -0.15) is 4.57 Å². The van der Waals surface area contributed by atoms with E-state index in [1.807, 2.05) is 6.07 Å². The van der Waals surface area contributed by atoms with Crippen LogP contribution in [0.1, 0.15) is 16.1 Å². The summed E-state index contributed by atoms with van der Waals surface area (Å²) < 4.78 is 6.60. The fourth-order valence-electron chi connectivity index (χ4n) is 2.39. The molecule has 0 saturated carbocycles. The highest BCUT2D eigenvalue weighted by molar-refractivity contribution is 6.08. The number of rotatable bonds is 4. The Hall–Kier alpha value is -3.48. The first-order valence-electron chi connectivity index (χ1n) is 7.03. The monoisotopic (exact) mass is 324 g/mol. The third-order valence-corrected chi connectivity index (χ3v) is 3.60. The van der Waals surface area contributed by atoms with E-state index in [1.165, 1.54) is 28.8 Å². The van der Waals surface area contributed by atoms with Crippen LogP contribution in [0, 0.1) is 10.1 Å². The van der Waals surface area contributed by atoms with Crippen LogP contribution in [0.5, 0.6) is 5.95 Å². The average molecular weight is 324 g/mol. The molecule has 0 aliphatic heterocycles. The Balaban J connectivity index is 2.02. The van der Waals surface area contributed by atoms with E-state index < -0.39 is 16.7 Å². The Bertz CT molecular complexity index is 914. The smallest absolute Gasteiger partial charge is 0.276 e. The molecule has 1 aromatic heterocycles. The minimum absolute atomic E-state index is 0.129. The number of nitro benzene ring substituents is 1. The molecule has 3 rings (SSSR count). The molecule has 7 heteroatoms. The van der Waals surface area contributed by atoms with Gasteiger partial charge >= 0.3 is 0 Å². The summed E-state index contributed by atoms with van der Waals surface area (Å²) in [6.07, 6.45) is 0. The van der Waals surface area contributed by atoms with Gasteiger partial charge in [0, 0.05) is 17.7 Å². The SMILES string of the molecule is C[n+]1c(-c2ccccc2)oc([O-])c1C(=O)c1ccc([N+](=O)[O-])cc1. The van der Waals surface area contributed by atoms with Crippen molar-refractivity contribution in [1.29, 1.82) is 0 Å². The van der Waals surface area contributed by atoms with Gasteiger partial charge in [0.15, 0.2) is 0 Å². The van der Waals surface area contributed by atoms with E-state index in [0.29, 0.717) is 5.56 Å². The zero-order valence-corrected chi connectivity index (χ0v) is 12.6. The van der Waals surface area contributed by atoms with E-state index in [1.54, 1.807) is 31.3 Å². The van der Waals surface area contributed by atoms with Crippen LogP contribution in [0.3, 0.4) is 0 Å². The van der Waals surface area contributed by atoms with Gasteiger partial charge < -0.3 is 9.52 Å². The lowest BCUT2D eigenvalue weighted by atomic mass is 10.1. The second-order valence-corrected chi connectivity index (χ2v) is 5.10. The van der Waals surface area contributed by atoms with E-state index in [9.17, 15) is 20.0 Å². The minimum atomic E-state index is -0.750. The number of nitro groups is 1. The minimum Gasteiger partial charge on any atom is -0.540 e. The van der Waals surface area contributed by atoms with Crippen LogP contribution in [0.4, 0.5) is 5.69 Å². The molecular weight excluding hydrogens is 312 g/mol. The van der Waals surface area contributed by atoms with E-state index >= 15 is 0 Å². The summed E-state index contributed by atoms with van der Waals surface area (Å²) in [7, 11) is 1.56. The molecule has 0 aliphatic rings. The van der Waals surface area contributed by atoms with Crippen LogP contribution in [-0.2, 0) is 7.05 Å². The number of ketones is 1. The van der Waals surface area contributed by atoms with Crippen LogP contribution in [0.2, 0.25) is 0 Å². The lowest BCUT2D eigenvalue weighted by Gasteiger charge is -1.99. The van der Waals surface area contributed by atoms with Crippen molar-refractivity contribution in [1.82, 2.24) is 0 Å². The number of hydrogen-bond donors (Lipinski definition) is 0. The van der Waals surface area contributed by atoms with Gasteiger partial charge in [-0.15, -0.1) is 0 Å². The molecule has 1 heterocycles. The first-order chi connectivity index (χ1) is 11.5. The standard InChI is InChI=1S/C17H12N2O5/c1-18-14(15(20)11-7-9-13(10-8-11)19(22)23)17(21)24-16(18)12-5-3-2-4-6-12/h2-10H,1H3. The van der Waals surface area contributed by atoms with Gasteiger partial charge in [-0.1, -0.05) is 18.2 Å². The molecule has 0 atom stereocenters. The number of benzene rings is 2. The summed E-state index contributed by atoms with van der Waals surface area (Å²) in [4.78, 5) is 22.7. The van der Waals surface area contributed by atoms with E-state index in [4.69, 9.17) is 4.42 Å².